The Bertz CT molecular complexity index is 1160. The normalized spacial score (nSPS) is 25.5. The van der Waals surface area contributed by atoms with Gasteiger partial charge in [-0.1, -0.05) is 23.7 Å². The fourth-order valence-corrected chi connectivity index (χ4v) is 6.61. The van der Waals surface area contributed by atoms with Crippen molar-refractivity contribution in [3.8, 4) is 0 Å². The molecule has 2 saturated heterocycles. The van der Waals surface area contributed by atoms with Crippen molar-refractivity contribution in [1.82, 2.24) is 5.32 Å². The molecule has 0 radical (unpaired) electrons. The molecular weight excluding hydrogens is 495 g/mol. The Labute approximate surface area is 210 Å². The number of hydrogen-bond acceptors (Lipinski definition) is 7. The van der Waals surface area contributed by atoms with E-state index in [1.807, 2.05) is 29.0 Å². The van der Waals surface area contributed by atoms with Gasteiger partial charge in [0.2, 0.25) is 0 Å². The van der Waals surface area contributed by atoms with Gasteiger partial charge in [0.15, 0.2) is 5.78 Å². The second kappa shape index (κ2) is 9.97. The highest BCUT2D eigenvalue weighted by Crippen LogP contribution is 2.43. The molecule has 2 aliphatic heterocycles. The summed E-state index contributed by atoms with van der Waals surface area (Å²) in [4.78, 5) is 16.3. The summed E-state index contributed by atoms with van der Waals surface area (Å²) in [5.41, 5.74) is 2.12. The van der Waals surface area contributed by atoms with Crippen LogP contribution in [-0.4, -0.2) is 48.7 Å². The number of thiophene rings is 1. The fourth-order valence-electron chi connectivity index (χ4n) is 4.58. The molecule has 9 heteroatoms. The zero-order chi connectivity index (χ0) is 23.7. The molecule has 0 bridgehead atoms. The van der Waals surface area contributed by atoms with Crippen LogP contribution in [0.3, 0.4) is 0 Å². The van der Waals surface area contributed by atoms with Gasteiger partial charge < -0.3 is 14.7 Å². The Hall–Kier alpha value is -1.94. The zero-order valence-electron chi connectivity index (χ0n) is 18.2. The number of aliphatic hydroxyl groups excluding tert-OH is 1. The van der Waals surface area contributed by atoms with Crippen molar-refractivity contribution < 1.29 is 19.0 Å². The first kappa shape index (κ1) is 23.8. The number of benzene rings is 2. The van der Waals surface area contributed by atoms with Gasteiger partial charge in [0.05, 0.1) is 23.8 Å². The van der Waals surface area contributed by atoms with Crippen molar-refractivity contribution in [2.24, 2.45) is 0 Å². The molecule has 3 aromatic rings. The maximum Gasteiger partial charge on any atom is 0.152 e. The van der Waals surface area contributed by atoms with E-state index in [0.717, 1.165) is 41.7 Å². The summed E-state index contributed by atoms with van der Waals surface area (Å²) in [6, 6.07) is 14.2. The number of Topliss-reactive ketones (excluding diaryl/α,β-unsaturated/α-hetero) is 1. The second-order valence-corrected chi connectivity index (χ2v) is 10.8. The third kappa shape index (κ3) is 4.63. The van der Waals surface area contributed by atoms with Crippen LogP contribution < -0.4 is 10.2 Å². The molecule has 1 aromatic heterocycles. The summed E-state index contributed by atoms with van der Waals surface area (Å²) in [5, 5.41) is 17.9. The third-order valence-corrected chi connectivity index (χ3v) is 8.83. The molecule has 2 fully saturated rings. The highest BCUT2D eigenvalue weighted by Gasteiger charge is 2.47. The number of thioether (sulfide) groups is 1. The number of morpholine rings is 1. The van der Waals surface area contributed by atoms with Crippen molar-refractivity contribution >= 4 is 46.2 Å². The molecule has 34 heavy (non-hydrogen) atoms. The number of aliphatic hydroxyl groups is 1. The highest BCUT2D eigenvalue weighted by atomic mass is 35.5. The van der Waals surface area contributed by atoms with Crippen molar-refractivity contribution in [2.75, 3.05) is 31.2 Å². The van der Waals surface area contributed by atoms with Crippen LogP contribution in [0, 0.1) is 5.82 Å². The van der Waals surface area contributed by atoms with Gasteiger partial charge in [-0.2, -0.15) is 11.3 Å². The average molecular weight is 519 g/mol. The molecule has 3 unspecified atom stereocenters. The Balaban J connectivity index is 1.43. The lowest BCUT2D eigenvalue weighted by atomic mass is 9.77. The predicted molar refractivity (Wildman–Crippen MR) is 134 cm³/mol. The molecule has 0 amide bonds. The van der Waals surface area contributed by atoms with Crippen LogP contribution in [0.25, 0.3) is 0 Å². The van der Waals surface area contributed by atoms with Gasteiger partial charge in [-0.3, -0.25) is 10.1 Å². The van der Waals surface area contributed by atoms with Crippen LogP contribution in [0.4, 0.5) is 10.1 Å². The molecule has 0 saturated carbocycles. The fraction of sp³-hybridized carbons (Fsp3) is 0.320. The Morgan fingerprint density at radius 1 is 1.15 bits per heavy atom. The minimum atomic E-state index is -1.12. The van der Waals surface area contributed by atoms with Crippen LogP contribution in [0.15, 0.2) is 64.2 Å². The minimum absolute atomic E-state index is 0.0971. The van der Waals surface area contributed by atoms with Crippen molar-refractivity contribution in [3.63, 3.8) is 0 Å². The number of halogens is 2. The summed E-state index contributed by atoms with van der Waals surface area (Å²) in [5.74, 6) is -0.542. The Morgan fingerprint density at radius 3 is 2.56 bits per heavy atom. The van der Waals surface area contributed by atoms with E-state index in [9.17, 15) is 14.3 Å². The number of ether oxygens (including phenoxy) is 1. The van der Waals surface area contributed by atoms with E-state index in [4.69, 9.17) is 16.3 Å². The predicted octanol–water partition coefficient (Wildman–Crippen LogP) is 4.66. The highest BCUT2D eigenvalue weighted by molar-refractivity contribution is 8.00. The van der Waals surface area contributed by atoms with Gasteiger partial charge in [0, 0.05) is 30.1 Å². The molecule has 2 aliphatic rings. The molecule has 5 rings (SSSR count). The van der Waals surface area contributed by atoms with E-state index in [-0.39, 0.29) is 17.2 Å². The summed E-state index contributed by atoms with van der Waals surface area (Å²) < 4.78 is 18.9. The van der Waals surface area contributed by atoms with Crippen molar-refractivity contribution in [2.45, 2.75) is 28.3 Å². The van der Waals surface area contributed by atoms with Crippen molar-refractivity contribution in [3.05, 3.63) is 81.3 Å². The lowest BCUT2D eigenvalue weighted by Crippen LogP contribution is -2.60. The summed E-state index contributed by atoms with van der Waals surface area (Å²) in [6.45, 7) is 3.10. The number of hydrogen-bond donors (Lipinski definition) is 2. The maximum absolute atomic E-state index is 13.4. The zero-order valence-corrected chi connectivity index (χ0v) is 20.6. The van der Waals surface area contributed by atoms with Crippen molar-refractivity contribution in [1.29, 1.82) is 0 Å². The topological polar surface area (TPSA) is 61.8 Å². The van der Waals surface area contributed by atoms with Crippen LogP contribution >= 0.6 is 34.7 Å². The molecule has 3 atom stereocenters. The van der Waals surface area contributed by atoms with Crippen LogP contribution in [0.5, 0.6) is 0 Å². The summed E-state index contributed by atoms with van der Waals surface area (Å²) in [6.07, 6.45) is -0.944. The van der Waals surface area contributed by atoms with Gasteiger partial charge in [-0.05, 0) is 58.3 Å². The van der Waals surface area contributed by atoms with E-state index in [1.165, 1.54) is 18.2 Å². The summed E-state index contributed by atoms with van der Waals surface area (Å²) in [7, 11) is 0. The number of rotatable bonds is 5. The molecule has 2 aromatic carbocycles. The van der Waals surface area contributed by atoms with Crippen LogP contribution in [0.1, 0.15) is 17.5 Å². The largest absolute Gasteiger partial charge is 0.378 e. The quantitative estimate of drug-likeness (QED) is 0.512. The number of carbonyl (C=O) groups excluding carboxylic acids is 1. The van der Waals surface area contributed by atoms with E-state index in [2.05, 4.69) is 22.3 Å². The minimum Gasteiger partial charge on any atom is -0.378 e. The van der Waals surface area contributed by atoms with Gasteiger partial charge in [0.25, 0.3) is 0 Å². The first-order valence-electron chi connectivity index (χ1n) is 11.0. The summed E-state index contributed by atoms with van der Waals surface area (Å²) >= 11 is 8.87. The Morgan fingerprint density at radius 2 is 1.91 bits per heavy atom. The number of anilines is 1. The van der Waals surface area contributed by atoms with E-state index < -0.39 is 22.8 Å². The molecule has 5 nitrogen and oxygen atoms in total. The molecule has 178 valence electrons. The second-order valence-electron chi connectivity index (χ2n) is 8.41. The smallest absolute Gasteiger partial charge is 0.152 e. The standard InChI is InChI=1S/C25H24ClFN2O3S2/c26-20-13-18(27)3-6-22(20)34-23-21(30)14-25(28-24(23)31,17-7-12-33-15-17)16-1-4-19(5-2-16)29-8-10-32-11-9-29/h1-7,12-13,15,23-24,28,31H,8-11,14H2. The number of ketones is 1. The molecule has 3 heterocycles. The molecule has 0 aliphatic carbocycles. The van der Waals surface area contributed by atoms with E-state index in [1.54, 1.807) is 11.3 Å². The molecule has 0 spiro atoms. The number of piperidine rings is 1. The molecular formula is C25H24ClFN2O3S2. The van der Waals surface area contributed by atoms with Gasteiger partial charge in [-0.25, -0.2) is 4.39 Å². The lowest BCUT2D eigenvalue weighted by Gasteiger charge is -2.43. The van der Waals surface area contributed by atoms with Gasteiger partial charge >= 0.3 is 0 Å². The van der Waals surface area contributed by atoms with E-state index in [0.29, 0.717) is 18.1 Å². The van der Waals surface area contributed by atoms with Gasteiger partial charge in [0.1, 0.15) is 17.3 Å². The SMILES string of the molecule is O=C1CC(c2ccc(N3CCOCC3)cc2)(c2ccsc2)NC(O)C1Sc1ccc(F)cc1Cl. The Kier molecular flexibility index (Phi) is 6.97. The monoisotopic (exact) mass is 518 g/mol. The first-order chi connectivity index (χ1) is 16.5. The van der Waals surface area contributed by atoms with E-state index >= 15 is 0 Å². The van der Waals surface area contributed by atoms with Crippen LogP contribution in [0.2, 0.25) is 5.02 Å². The third-order valence-electron chi connectivity index (χ3n) is 6.34. The first-order valence-corrected chi connectivity index (χ1v) is 13.2. The number of nitrogens with one attached hydrogen (secondary N) is 1. The van der Waals surface area contributed by atoms with Gasteiger partial charge in [-0.15, -0.1) is 11.8 Å². The average Bonchev–Trinajstić information content (AvgIpc) is 3.39. The number of nitrogens with zero attached hydrogens (tertiary/aromatic N) is 1. The molecule has 2 N–H and O–H groups in total. The lowest BCUT2D eigenvalue weighted by molar-refractivity contribution is -0.125. The number of carbonyl (C=O) groups is 1. The maximum atomic E-state index is 13.4. The van der Waals surface area contributed by atoms with Crippen LogP contribution in [-0.2, 0) is 15.1 Å².